The highest BCUT2D eigenvalue weighted by Gasteiger charge is 2.37. The molecule has 1 aliphatic rings. The molecule has 0 bridgehead atoms. The zero-order valence-electron chi connectivity index (χ0n) is 14.9. The highest BCUT2D eigenvalue weighted by molar-refractivity contribution is 7.99. The topological polar surface area (TPSA) is 55.5 Å². The molecule has 0 radical (unpaired) electrons. The van der Waals surface area contributed by atoms with Crippen LogP contribution in [0.1, 0.15) is 11.4 Å². The summed E-state index contributed by atoms with van der Waals surface area (Å²) in [6, 6.07) is 10.2. The van der Waals surface area contributed by atoms with Crippen LogP contribution in [0.2, 0.25) is 0 Å². The normalized spacial score (nSPS) is 15.9. The number of hydrogen-bond acceptors (Lipinski definition) is 4. The van der Waals surface area contributed by atoms with Crippen LogP contribution in [0.4, 0.5) is 13.2 Å². The molecule has 2 heterocycles. The molecular weight excluding hydrogens is 379 g/mol. The number of quaternary nitrogens is 1. The van der Waals surface area contributed by atoms with Gasteiger partial charge in [-0.2, -0.15) is 13.2 Å². The number of thioether (sulfide) groups is 1. The van der Waals surface area contributed by atoms with Crippen LogP contribution in [0.3, 0.4) is 0 Å². The monoisotopic (exact) mass is 400 g/mol. The van der Waals surface area contributed by atoms with E-state index in [9.17, 15) is 18.0 Å². The van der Waals surface area contributed by atoms with Gasteiger partial charge < -0.3 is 14.4 Å². The SMILES string of the molecule is Cn1c(SCC(=O)N2CC[NH+](Cc3ccccc3)CC2)nnc1C(F)(F)F. The Labute approximate surface area is 159 Å². The molecule has 0 unspecified atom stereocenters. The number of carbonyl (C=O) groups excluding carboxylic acids is 1. The van der Waals surface area contributed by atoms with E-state index in [-0.39, 0.29) is 16.8 Å². The molecule has 1 amide bonds. The maximum Gasteiger partial charge on any atom is 0.451 e. The van der Waals surface area contributed by atoms with Crippen molar-refractivity contribution in [3.05, 3.63) is 41.7 Å². The molecular formula is C17H21F3N5OS+. The second-order valence-electron chi connectivity index (χ2n) is 6.44. The van der Waals surface area contributed by atoms with Crippen LogP contribution in [-0.4, -0.2) is 57.5 Å². The predicted molar refractivity (Wildman–Crippen MR) is 94.2 cm³/mol. The number of piperazine rings is 1. The summed E-state index contributed by atoms with van der Waals surface area (Å²) in [6.07, 6.45) is -4.55. The largest absolute Gasteiger partial charge is 0.451 e. The van der Waals surface area contributed by atoms with Gasteiger partial charge in [0.2, 0.25) is 11.7 Å². The number of hydrogen-bond donors (Lipinski definition) is 1. The second kappa shape index (κ2) is 8.30. The van der Waals surface area contributed by atoms with Crippen molar-refractivity contribution >= 4 is 17.7 Å². The smallest absolute Gasteiger partial charge is 0.331 e. The number of carbonyl (C=O) groups is 1. The fourth-order valence-corrected chi connectivity index (χ4v) is 3.85. The molecule has 0 aliphatic carbocycles. The van der Waals surface area contributed by atoms with Gasteiger partial charge in [0, 0.05) is 12.6 Å². The summed E-state index contributed by atoms with van der Waals surface area (Å²) >= 11 is 0.981. The highest BCUT2D eigenvalue weighted by Crippen LogP contribution is 2.29. The molecule has 1 aromatic heterocycles. The number of amides is 1. The van der Waals surface area contributed by atoms with E-state index in [1.807, 2.05) is 18.2 Å². The van der Waals surface area contributed by atoms with E-state index in [4.69, 9.17) is 0 Å². The Bertz CT molecular complexity index is 773. The van der Waals surface area contributed by atoms with Crippen molar-refractivity contribution < 1.29 is 22.9 Å². The highest BCUT2D eigenvalue weighted by atomic mass is 32.2. The number of alkyl halides is 3. The molecule has 0 spiro atoms. The maximum absolute atomic E-state index is 12.7. The zero-order chi connectivity index (χ0) is 19.4. The summed E-state index contributed by atoms with van der Waals surface area (Å²) in [7, 11) is 1.25. The predicted octanol–water partition coefficient (Wildman–Crippen LogP) is 0.853. The average molecular weight is 400 g/mol. The lowest BCUT2D eigenvalue weighted by Crippen LogP contribution is -3.13. The summed E-state index contributed by atoms with van der Waals surface area (Å²) < 4.78 is 39.1. The minimum Gasteiger partial charge on any atom is -0.331 e. The van der Waals surface area contributed by atoms with Crippen molar-refractivity contribution in [3.63, 3.8) is 0 Å². The molecule has 1 fully saturated rings. The standard InChI is InChI=1S/C17H20F3N5OS/c1-23-15(17(18,19)20)21-22-16(23)27-12-14(26)25-9-7-24(8-10-25)11-13-5-3-2-4-6-13/h2-6H,7-12H2,1H3/p+1. The van der Waals surface area contributed by atoms with Crippen LogP contribution in [0, 0.1) is 0 Å². The van der Waals surface area contributed by atoms with Crippen molar-refractivity contribution in [1.82, 2.24) is 19.7 Å². The van der Waals surface area contributed by atoms with Crippen LogP contribution in [0.15, 0.2) is 35.5 Å². The first-order valence-corrected chi connectivity index (χ1v) is 9.58. The lowest BCUT2D eigenvalue weighted by Gasteiger charge is -2.32. The number of aromatic nitrogens is 3. The Balaban J connectivity index is 1.47. The van der Waals surface area contributed by atoms with Gasteiger partial charge in [-0.1, -0.05) is 42.1 Å². The summed E-state index contributed by atoms with van der Waals surface area (Å²) in [5, 5.41) is 6.79. The van der Waals surface area contributed by atoms with E-state index in [1.165, 1.54) is 17.5 Å². The van der Waals surface area contributed by atoms with Crippen LogP contribution < -0.4 is 4.90 Å². The lowest BCUT2D eigenvalue weighted by atomic mass is 10.2. The van der Waals surface area contributed by atoms with E-state index in [0.717, 1.165) is 36.0 Å². The fraction of sp³-hybridized carbons (Fsp3) is 0.471. The van der Waals surface area contributed by atoms with Crippen molar-refractivity contribution in [2.24, 2.45) is 7.05 Å². The number of benzene rings is 1. The molecule has 0 atom stereocenters. The quantitative estimate of drug-likeness (QED) is 0.757. The van der Waals surface area contributed by atoms with E-state index in [0.29, 0.717) is 13.1 Å². The molecule has 146 valence electrons. The van der Waals surface area contributed by atoms with Crippen molar-refractivity contribution in [1.29, 1.82) is 0 Å². The first-order chi connectivity index (χ1) is 12.8. The molecule has 6 nitrogen and oxygen atoms in total. The minimum absolute atomic E-state index is 0.0534. The van der Waals surface area contributed by atoms with Crippen LogP contribution in [-0.2, 0) is 24.6 Å². The fourth-order valence-electron chi connectivity index (χ4n) is 3.04. The third-order valence-corrected chi connectivity index (χ3v) is 5.54. The van der Waals surface area contributed by atoms with Gasteiger partial charge in [0.1, 0.15) is 6.54 Å². The maximum atomic E-state index is 12.7. The van der Waals surface area contributed by atoms with E-state index < -0.39 is 12.0 Å². The van der Waals surface area contributed by atoms with Crippen molar-refractivity contribution in [2.45, 2.75) is 17.9 Å². The molecule has 27 heavy (non-hydrogen) atoms. The van der Waals surface area contributed by atoms with Gasteiger partial charge in [0.25, 0.3) is 0 Å². The Hall–Kier alpha value is -2.07. The second-order valence-corrected chi connectivity index (χ2v) is 7.39. The molecule has 1 aliphatic heterocycles. The molecule has 1 saturated heterocycles. The Morgan fingerprint density at radius 3 is 2.44 bits per heavy atom. The number of nitrogens with one attached hydrogen (secondary N) is 1. The molecule has 10 heteroatoms. The molecule has 1 N–H and O–H groups in total. The van der Waals surface area contributed by atoms with E-state index in [2.05, 4.69) is 22.3 Å². The summed E-state index contributed by atoms with van der Waals surface area (Å²) in [5.41, 5.74) is 1.27. The van der Waals surface area contributed by atoms with E-state index >= 15 is 0 Å². The number of rotatable bonds is 5. The van der Waals surface area contributed by atoms with Gasteiger partial charge in [-0.25, -0.2) is 0 Å². The summed E-state index contributed by atoms with van der Waals surface area (Å²) in [6.45, 7) is 3.93. The van der Waals surface area contributed by atoms with Crippen molar-refractivity contribution in [3.8, 4) is 0 Å². The first-order valence-electron chi connectivity index (χ1n) is 8.59. The minimum atomic E-state index is -4.55. The van der Waals surface area contributed by atoms with Gasteiger partial charge in [-0.05, 0) is 0 Å². The Morgan fingerprint density at radius 1 is 1.19 bits per heavy atom. The third kappa shape index (κ3) is 5.01. The summed E-state index contributed by atoms with van der Waals surface area (Å²) in [4.78, 5) is 15.6. The number of halogens is 3. The van der Waals surface area contributed by atoms with Crippen LogP contribution in [0.5, 0.6) is 0 Å². The summed E-state index contributed by atoms with van der Waals surface area (Å²) in [5.74, 6) is -1.09. The average Bonchev–Trinajstić information content (AvgIpc) is 3.02. The van der Waals surface area contributed by atoms with Crippen LogP contribution >= 0.6 is 11.8 Å². The Kier molecular flexibility index (Phi) is 6.05. The van der Waals surface area contributed by atoms with Gasteiger partial charge in [-0.3, -0.25) is 4.79 Å². The molecule has 2 aromatic rings. The van der Waals surface area contributed by atoms with Crippen LogP contribution in [0.25, 0.3) is 0 Å². The van der Waals surface area contributed by atoms with Crippen molar-refractivity contribution in [2.75, 3.05) is 31.9 Å². The van der Waals surface area contributed by atoms with E-state index in [1.54, 1.807) is 4.90 Å². The molecule has 0 saturated carbocycles. The lowest BCUT2D eigenvalue weighted by molar-refractivity contribution is -0.917. The Morgan fingerprint density at radius 2 is 1.85 bits per heavy atom. The third-order valence-electron chi connectivity index (χ3n) is 4.53. The van der Waals surface area contributed by atoms with Gasteiger partial charge in [-0.15, -0.1) is 10.2 Å². The molecule has 3 rings (SSSR count). The molecule has 1 aromatic carbocycles. The van der Waals surface area contributed by atoms with Gasteiger partial charge in [0.05, 0.1) is 31.9 Å². The zero-order valence-corrected chi connectivity index (χ0v) is 15.7. The first kappa shape index (κ1) is 19.7. The van der Waals surface area contributed by atoms with Gasteiger partial charge in [0.15, 0.2) is 5.16 Å². The number of nitrogens with zero attached hydrogens (tertiary/aromatic N) is 4. The van der Waals surface area contributed by atoms with Gasteiger partial charge >= 0.3 is 6.18 Å².